The molecule has 4 atom stereocenters. The molecule has 1 N–H and O–H groups in total. The molecule has 0 fully saturated rings. The monoisotopic (exact) mass is 580 g/mol. The molecule has 228 valence electrons. The van der Waals surface area contributed by atoms with Gasteiger partial charge in [0.05, 0.1) is 18.8 Å². The summed E-state index contributed by atoms with van der Waals surface area (Å²) < 4.78 is 29.5. The Morgan fingerprint density at radius 1 is 0.763 bits per heavy atom. The van der Waals surface area contributed by atoms with Gasteiger partial charge in [-0.25, -0.2) is 4.79 Å². The third-order valence-electron chi connectivity index (χ3n) is 6.62. The predicted octanol–water partition coefficient (Wildman–Crippen LogP) is 9.66. The van der Waals surface area contributed by atoms with E-state index >= 15 is 0 Å². The van der Waals surface area contributed by atoms with Crippen molar-refractivity contribution in [3.8, 4) is 0 Å². The molecule has 0 heterocycles. The topological polar surface area (TPSA) is 82.1 Å². The molecule has 0 aromatic heterocycles. The number of esters is 1. The predicted molar refractivity (Wildman–Crippen MR) is 163 cm³/mol. The zero-order valence-corrected chi connectivity index (χ0v) is 27.3. The van der Waals surface area contributed by atoms with Gasteiger partial charge in [0, 0.05) is 5.25 Å². The molecule has 38 heavy (non-hydrogen) atoms. The van der Waals surface area contributed by atoms with Crippen molar-refractivity contribution in [2.75, 3.05) is 12.4 Å². The molecular formula is C30H61O6PS. The number of hydrogen-bond donors (Lipinski definition) is 1. The highest BCUT2D eigenvalue weighted by Gasteiger charge is 2.43. The molecule has 0 amide bonds. The smallest absolute Gasteiger partial charge is 0.368 e. The molecule has 0 aliphatic carbocycles. The van der Waals surface area contributed by atoms with Crippen LogP contribution in [0.1, 0.15) is 151 Å². The van der Waals surface area contributed by atoms with E-state index in [0.29, 0.717) is 6.42 Å². The van der Waals surface area contributed by atoms with E-state index in [-0.39, 0.29) is 18.0 Å². The Bertz CT molecular complexity index is 603. The van der Waals surface area contributed by atoms with E-state index in [9.17, 15) is 14.3 Å². The quantitative estimate of drug-likeness (QED) is 0.0588. The molecule has 0 saturated heterocycles. The lowest BCUT2D eigenvalue weighted by molar-refractivity contribution is -0.159. The zero-order valence-electron chi connectivity index (χ0n) is 25.6. The minimum absolute atomic E-state index is 0.0886. The standard InChI is InChI=1S/C30H61O6PS/c1-7-10-12-14-15-16-17-18-20-22-25-38-28(23-21-19-13-11-8-2)27(6)36-30(29(31)35-26(4)5)37(32,33)34-24-9-3/h26-28,30H,7-25H2,1-6H3,(H,32,33). The van der Waals surface area contributed by atoms with Crippen molar-refractivity contribution < 1.29 is 28.3 Å². The van der Waals surface area contributed by atoms with Crippen molar-refractivity contribution in [1.82, 2.24) is 0 Å². The summed E-state index contributed by atoms with van der Waals surface area (Å²) in [6, 6.07) is 0. The van der Waals surface area contributed by atoms with Gasteiger partial charge in [-0.05, 0) is 45.8 Å². The van der Waals surface area contributed by atoms with Crippen LogP contribution in [0.15, 0.2) is 0 Å². The molecule has 0 spiro atoms. The van der Waals surface area contributed by atoms with Gasteiger partial charge in [-0.1, -0.05) is 111 Å². The summed E-state index contributed by atoms with van der Waals surface area (Å²) >= 11 is 1.88. The van der Waals surface area contributed by atoms with Crippen LogP contribution in [0, 0.1) is 0 Å². The van der Waals surface area contributed by atoms with Crippen molar-refractivity contribution in [3.05, 3.63) is 0 Å². The minimum Gasteiger partial charge on any atom is -0.461 e. The average Bonchev–Trinajstić information content (AvgIpc) is 2.87. The van der Waals surface area contributed by atoms with E-state index in [1.807, 2.05) is 25.6 Å². The van der Waals surface area contributed by atoms with Crippen molar-refractivity contribution in [1.29, 1.82) is 0 Å². The number of carbonyl (C=O) groups is 1. The van der Waals surface area contributed by atoms with E-state index in [1.165, 1.54) is 83.5 Å². The van der Waals surface area contributed by atoms with Crippen LogP contribution in [0.3, 0.4) is 0 Å². The molecule has 0 aliphatic heterocycles. The Hall–Kier alpha value is -0.0700. The number of rotatable bonds is 27. The SMILES string of the molecule is CCCCCCCCCCCCSC(CCCCCCC)C(C)OC(C(=O)OC(C)C)P(=O)(O)OCCC. The molecular weight excluding hydrogens is 519 g/mol. The normalized spacial score (nSPS) is 15.8. The lowest BCUT2D eigenvalue weighted by Crippen LogP contribution is -2.36. The van der Waals surface area contributed by atoms with Crippen LogP contribution in [0.5, 0.6) is 0 Å². The van der Waals surface area contributed by atoms with Gasteiger partial charge in [-0.3, -0.25) is 4.57 Å². The Morgan fingerprint density at radius 2 is 1.26 bits per heavy atom. The Kier molecular flexibility index (Phi) is 24.7. The maximum atomic E-state index is 12.9. The van der Waals surface area contributed by atoms with Crippen LogP contribution in [0.25, 0.3) is 0 Å². The Balaban J connectivity index is 4.92. The van der Waals surface area contributed by atoms with Crippen molar-refractivity contribution in [2.24, 2.45) is 0 Å². The molecule has 0 aromatic rings. The number of thioether (sulfide) groups is 1. The van der Waals surface area contributed by atoms with E-state index < -0.39 is 25.5 Å². The molecule has 0 aromatic carbocycles. The molecule has 0 aliphatic rings. The van der Waals surface area contributed by atoms with Crippen molar-refractivity contribution in [2.45, 2.75) is 174 Å². The third-order valence-corrected chi connectivity index (χ3v) is 9.67. The molecule has 4 unspecified atom stereocenters. The van der Waals surface area contributed by atoms with Crippen molar-refractivity contribution in [3.63, 3.8) is 0 Å². The summed E-state index contributed by atoms with van der Waals surface area (Å²) in [5.41, 5.74) is 0. The Labute approximate surface area is 239 Å². The van der Waals surface area contributed by atoms with Gasteiger partial charge < -0.3 is 18.9 Å². The average molecular weight is 581 g/mol. The third kappa shape index (κ3) is 19.9. The second-order valence-electron chi connectivity index (χ2n) is 10.9. The van der Waals surface area contributed by atoms with E-state index in [2.05, 4.69) is 13.8 Å². The molecule has 0 rings (SSSR count). The maximum absolute atomic E-state index is 12.9. The summed E-state index contributed by atoms with van der Waals surface area (Å²) in [5.74, 6) is -1.41. The molecule has 6 nitrogen and oxygen atoms in total. The van der Waals surface area contributed by atoms with Crippen LogP contribution >= 0.6 is 19.4 Å². The van der Waals surface area contributed by atoms with Gasteiger partial charge in [-0.2, -0.15) is 11.8 Å². The number of carbonyl (C=O) groups excluding carboxylic acids is 1. The van der Waals surface area contributed by atoms with Gasteiger partial charge in [-0.15, -0.1) is 0 Å². The first kappa shape index (κ1) is 37.9. The van der Waals surface area contributed by atoms with Crippen LogP contribution in [-0.2, 0) is 23.4 Å². The van der Waals surface area contributed by atoms with E-state index in [0.717, 1.165) is 25.0 Å². The van der Waals surface area contributed by atoms with Gasteiger partial charge in [0.1, 0.15) is 0 Å². The fourth-order valence-corrected chi connectivity index (χ4v) is 6.96. The van der Waals surface area contributed by atoms with Gasteiger partial charge in [0.15, 0.2) is 0 Å². The zero-order chi connectivity index (χ0) is 28.7. The largest absolute Gasteiger partial charge is 0.461 e. The fourth-order valence-electron chi connectivity index (χ4n) is 4.36. The van der Waals surface area contributed by atoms with Crippen LogP contribution in [-0.4, -0.2) is 46.5 Å². The molecule has 0 radical (unpaired) electrons. The molecule has 0 bridgehead atoms. The van der Waals surface area contributed by atoms with E-state index in [4.69, 9.17) is 14.0 Å². The van der Waals surface area contributed by atoms with Crippen molar-refractivity contribution >= 4 is 25.3 Å². The molecule has 8 heteroatoms. The van der Waals surface area contributed by atoms with Crippen LogP contribution in [0.2, 0.25) is 0 Å². The fraction of sp³-hybridized carbons (Fsp3) is 0.967. The lowest BCUT2D eigenvalue weighted by atomic mass is 10.1. The van der Waals surface area contributed by atoms with Gasteiger partial charge in [0.25, 0.3) is 5.85 Å². The highest BCUT2D eigenvalue weighted by molar-refractivity contribution is 7.99. The van der Waals surface area contributed by atoms with Gasteiger partial charge >= 0.3 is 13.6 Å². The summed E-state index contributed by atoms with van der Waals surface area (Å²) in [5, 5.41) is 0.149. The maximum Gasteiger partial charge on any atom is 0.368 e. The number of ether oxygens (including phenoxy) is 2. The Morgan fingerprint density at radius 3 is 1.76 bits per heavy atom. The summed E-state index contributed by atoms with van der Waals surface area (Å²) in [7, 11) is -4.33. The number of unbranched alkanes of at least 4 members (excludes halogenated alkanes) is 13. The first-order valence-corrected chi connectivity index (χ1v) is 18.3. The first-order valence-electron chi connectivity index (χ1n) is 15.6. The summed E-state index contributed by atoms with van der Waals surface area (Å²) in [4.78, 5) is 23.3. The summed E-state index contributed by atoms with van der Waals surface area (Å²) in [6.07, 6.45) is 19.8. The lowest BCUT2D eigenvalue weighted by Gasteiger charge is -2.29. The van der Waals surface area contributed by atoms with Crippen LogP contribution in [0.4, 0.5) is 0 Å². The second-order valence-corrected chi connectivity index (χ2v) is 14.1. The van der Waals surface area contributed by atoms with Gasteiger partial charge in [0.2, 0.25) is 0 Å². The summed E-state index contributed by atoms with van der Waals surface area (Å²) in [6.45, 7) is 11.8. The van der Waals surface area contributed by atoms with Crippen LogP contribution < -0.4 is 0 Å². The minimum atomic E-state index is -4.33. The van der Waals surface area contributed by atoms with E-state index in [1.54, 1.807) is 13.8 Å². The number of hydrogen-bond acceptors (Lipinski definition) is 6. The highest BCUT2D eigenvalue weighted by Crippen LogP contribution is 2.49. The molecule has 0 saturated carbocycles. The second kappa shape index (κ2) is 24.7. The first-order chi connectivity index (χ1) is 18.2. The highest BCUT2D eigenvalue weighted by atomic mass is 32.2.